The van der Waals surface area contributed by atoms with Crippen molar-refractivity contribution in [2.24, 2.45) is 0 Å². The number of alkyl carbamates (subject to hydrolysis) is 1. The van der Waals surface area contributed by atoms with E-state index in [4.69, 9.17) is 4.74 Å². The molecule has 0 saturated heterocycles. The normalized spacial score (nSPS) is 28.2. The van der Waals surface area contributed by atoms with Crippen molar-refractivity contribution in [3.8, 4) is 0 Å². The van der Waals surface area contributed by atoms with Gasteiger partial charge in [0.2, 0.25) is 0 Å². The van der Waals surface area contributed by atoms with Crippen LogP contribution in [0.4, 0.5) is 10.5 Å². The fourth-order valence-electron chi connectivity index (χ4n) is 3.36. The predicted octanol–water partition coefficient (Wildman–Crippen LogP) is 2.79. The van der Waals surface area contributed by atoms with Gasteiger partial charge in [-0.15, -0.1) is 0 Å². The number of nitro groups is 1. The third kappa shape index (κ3) is 5.09. The summed E-state index contributed by atoms with van der Waals surface area (Å²) in [6, 6.07) is 7.07. The van der Waals surface area contributed by atoms with Crippen LogP contribution in [0.1, 0.15) is 37.7 Å². The third-order valence-corrected chi connectivity index (χ3v) is 5.25. The van der Waals surface area contributed by atoms with Gasteiger partial charge in [0.15, 0.2) is 0 Å². The predicted molar refractivity (Wildman–Crippen MR) is 96.8 cm³/mol. The Hall–Kier alpha value is -1.80. The largest absolute Gasteiger partial charge is 0.446 e. The average Bonchev–Trinajstić information content (AvgIpc) is 2.99. The zero-order chi connectivity index (χ0) is 17.8. The van der Waals surface area contributed by atoms with Crippen molar-refractivity contribution in [2.75, 3.05) is 0 Å². The first-order chi connectivity index (χ1) is 12.0. The molecule has 1 aromatic carbocycles. The smallest absolute Gasteiger partial charge is 0.407 e. The number of ether oxygens (including phenoxy) is 1. The van der Waals surface area contributed by atoms with E-state index in [1.165, 1.54) is 12.1 Å². The number of carbonyl (C=O) groups excluding carboxylic acids is 1. The molecule has 0 radical (unpaired) electrons. The molecular formula is C17H23N3O4S. The highest BCUT2D eigenvalue weighted by molar-refractivity contribution is 7.81. The summed E-state index contributed by atoms with van der Waals surface area (Å²) in [5.41, 5.74) is 0.825. The highest BCUT2D eigenvalue weighted by Gasteiger charge is 2.32. The van der Waals surface area contributed by atoms with Gasteiger partial charge in [0.25, 0.3) is 5.69 Å². The van der Waals surface area contributed by atoms with E-state index >= 15 is 0 Å². The Morgan fingerprint density at radius 2 is 1.92 bits per heavy atom. The van der Waals surface area contributed by atoms with Crippen LogP contribution < -0.4 is 10.6 Å². The molecule has 2 N–H and O–H groups in total. The second kappa shape index (κ2) is 8.05. The van der Waals surface area contributed by atoms with Gasteiger partial charge in [-0.1, -0.05) is 12.1 Å². The molecule has 2 aliphatic carbocycles. The van der Waals surface area contributed by atoms with Crippen molar-refractivity contribution in [1.82, 2.24) is 10.6 Å². The number of hydrogen-bond acceptors (Lipinski definition) is 6. The first-order valence-corrected chi connectivity index (χ1v) is 9.13. The van der Waals surface area contributed by atoms with Crippen molar-refractivity contribution in [3.05, 3.63) is 39.9 Å². The highest BCUT2D eigenvalue weighted by atomic mass is 32.1. The molecule has 25 heavy (non-hydrogen) atoms. The lowest BCUT2D eigenvalue weighted by molar-refractivity contribution is -0.384. The molecule has 0 unspecified atom stereocenters. The van der Waals surface area contributed by atoms with Crippen LogP contribution in [0.25, 0.3) is 0 Å². The molecule has 136 valence electrons. The van der Waals surface area contributed by atoms with Crippen LogP contribution in [0.15, 0.2) is 24.3 Å². The second-order valence-electron chi connectivity index (χ2n) is 6.80. The molecule has 0 bridgehead atoms. The summed E-state index contributed by atoms with van der Waals surface area (Å²) in [7, 11) is 0. The summed E-state index contributed by atoms with van der Waals surface area (Å²) < 4.78 is 5.47. The van der Waals surface area contributed by atoms with Gasteiger partial charge in [0.05, 0.1) is 4.92 Å². The molecule has 1 aromatic rings. The average molecular weight is 365 g/mol. The molecule has 1 amide bonds. The van der Waals surface area contributed by atoms with Crippen molar-refractivity contribution >= 4 is 24.4 Å². The summed E-state index contributed by atoms with van der Waals surface area (Å²) in [5.74, 6) is 0. The SMILES string of the molecule is O=C(NCc1ccc([N+](=O)[O-])cc1)O[C@H]1CC[C@H](NC2CC(S)C2)C1. The fraction of sp³-hybridized carbons (Fsp3) is 0.588. The van der Waals surface area contributed by atoms with E-state index in [2.05, 4.69) is 23.3 Å². The number of nitro benzene ring substituents is 1. The van der Waals surface area contributed by atoms with E-state index < -0.39 is 11.0 Å². The lowest BCUT2D eigenvalue weighted by atomic mass is 9.91. The number of amides is 1. The van der Waals surface area contributed by atoms with Crippen molar-refractivity contribution in [3.63, 3.8) is 0 Å². The monoisotopic (exact) mass is 365 g/mol. The van der Waals surface area contributed by atoms with Gasteiger partial charge < -0.3 is 15.4 Å². The van der Waals surface area contributed by atoms with Gasteiger partial charge in [0.1, 0.15) is 6.10 Å². The Morgan fingerprint density at radius 1 is 1.20 bits per heavy atom. The molecule has 2 atom stereocenters. The number of non-ortho nitro benzene ring substituents is 1. The van der Waals surface area contributed by atoms with Crippen LogP contribution in [-0.4, -0.2) is 34.5 Å². The van der Waals surface area contributed by atoms with Crippen LogP contribution in [0.2, 0.25) is 0 Å². The molecule has 2 aliphatic rings. The van der Waals surface area contributed by atoms with Crippen molar-refractivity contribution < 1.29 is 14.5 Å². The van der Waals surface area contributed by atoms with Gasteiger partial charge >= 0.3 is 6.09 Å². The summed E-state index contributed by atoms with van der Waals surface area (Å²) in [4.78, 5) is 22.1. The summed E-state index contributed by atoms with van der Waals surface area (Å²) in [6.45, 7) is 0.288. The standard InChI is InChI=1S/C17H23N3O4S/c21-17(18-10-11-1-4-14(5-2-11)20(22)23)24-15-6-3-12(7-15)19-13-8-16(25)9-13/h1-2,4-5,12-13,15-16,19,25H,3,6-10H2,(H,18,21)/t12-,13?,15-,16?/m0/s1. The third-order valence-electron chi connectivity index (χ3n) is 4.83. The molecular weight excluding hydrogens is 342 g/mol. The van der Waals surface area contributed by atoms with Gasteiger partial charge in [-0.2, -0.15) is 12.6 Å². The van der Waals surface area contributed by atoms with Crippen molar-refractivity contribution in [1.29, 1.82) is 0 Å². The van der Waals surface area contributed by atoms with E-state index in [9.17, 15) is 14.9 Å². The maximum atomic E-state index is 11.9. The van der Waals surface area contributed by atoms with E-state index in [0.29, 0.717) is 17.3 Å². The number of nitrogens with one attached hydrogen (secondary N) is 2. The van der Waals surface area contributed by atoms with Crippen LogP contribution in [-0.2, 0) is 11.3 Å². The lowest BCUT2D eigenvalue weighted by Gasteiger charge is -2.35. The molecule has 8 heteroatoms. The molecule has 0 aromatic heterocycles. The molecule has 0 aliphatic heterocycles. The first-order valence-electron chi connectivity index (χ1n) is 8.61. The van der Waals surface area contributed by atoms with Gasteiger partial charge in [-0.3, -0.25) is 10.1 Å². The molecule has 0 spiro atoms. The summed E-state index contributed by atoms with van der Waals surface area (Å²) >= 11 is 4.42. The number of rotatable bonds is 6. The Kier molecular flexibility index (Phi) is 5.80. The van der Waals surface area contributed by atoms with E-state index in [1.54, 1.807) is 12.1 Å². The van der Waals surface area contributed by atoms with Gasteiger partial charge in [-0.25, -0.2) is 4.79 Å². The van der Waals surface area contributed by atoms with Crippen molar-refractivity contribution in [2.45, 2.75) is 62.1 Å². The van der Waals surface area contributed by atoms with E-state index in [0.717, 1.165) is 37.7 Å². The van der Waals surface area contributed by atoms with Gasteiger partial charge in [-0.05, 0) is 37.7 Å². The quantitative estimate of drug-likeness (QED) is 0.409. The minimum absolute atomic E-state index is 0.0338. The summed E-state index contributed by atoms with van der Waals surface area (Å²) in [6.07, 6.45) is 4.47. The molecule has 2 saturated carbocycles. The maximum Gasteiger partial charge on any atom is 0.407 e. The van der Waals surface area contributed by atoms with E-state index in [-0.39, 0.29) is 18.3 Å². The molecule has 2 fully saturated rings. The number of thiol groups is 1. The topological polar surface area (TPSA) is 93.5 Å². The zero-order valence-corrected chi connectivity index (χ0v) is 14.8. The number of hydrogen-bond donors (Lipinski definition) is 3. The molecule has 7 nitrogen and oxygen atoms in total. The van der Waals surface area contributed by atoms with Crippen LogP contribution >= 0.6 is 12.6 Å². The Balaban J connectivity index is 1.36. The van der Waals surface area contributed by atoms with E-state index in [1.807, 2.05) is 0 Å². The molecule has 0 heterocycles. The lowest BCUT2D eigenvalue weighted by Crippen LogP contribution is -2.46. The maximum absolute atomic E-state index is 11.9. The van der Waals surface area contributed by atoms with Gasteiger partial charge in [0, 0.05) is 36.0 Å². The minimum Gasteiger partial charge on any atom is -0.446 e. The second-order valence-corrected chi connectivity index (χ2v) is 7.53. The number of benzene rings is 1. The van der Waals surface area contributed by atoms with Crippen LogP contribution in [0.3, 0.4) is 0 Å². The van der Waals surface area contributed by atoms with Crippen LogP contribution in [0, 0.1) is 10.1 Å². The summed E-state index contributed by atoms with van der Waals surface area (Å²) in [5, 5.41) is 17.4. The zero-order valence-electron chi connectivity index (χ0n) is 13.9. The Bertz CT molecular complexity index is 619. The highest BCUT2D eigenvalue weighted by Crippen LogP contribution is 2.29. The number of carbonyl (C=O) groups is 1. The Labute approximate surface area is 152 Å². The van der Waals surface area contributed by atoms with Crippen LogP contribution in [0.5, 0.6) is 0 Å². The fourth-order valence-corrected chi connectivity index (χ4v) is 3.87. The first kappa shape index (κ1) is 18.0. The number of nitrogens with zero attached hydrogens (tertiary/aromatic N) is 1. The Morgan fingerprint density at radius 3 is 2.56 bits per heavy atom. The molecule has 3 rings (SSSR count). The minimum atomic E-state index is -0.448.